The minimum absolute atomic E-state index is 0.0227. The molecule has 2 amide bonds. The van der Waals surface area contributed by atoms with Gasteiger partial charge in [0.15, 0.2) is 0 Å². The van der Waals surface area contributed by atoms with Crippen LogP contribution in [0.1, 0.15) is 48.9 Å². The zero-order chi connectivity index (χ0) is 23.2. The molecule has 3 aromatic rings. The standard InChI is InChI=1S/C28H29NO4/c1-20(2)25(22-13-15-24(16-14-22)32-18-21-9-5-3-6-10-21)17-27(30)29-26(19-33-28(29)31)23-11-7-4-8-12-23/h3-16,20,25-26H,17-19H2,1-2H3/t25-,26+/m0/s1. The maximum absolute atomic E-state index is 13.3. The third kappa shape index (κ3) is 5.43. The average Bonchev–Trinajstić information content (AvgIpc) is 3.24. The van der Waals surface area contributed by atoms with Crippen LogP contribution in [0, 0.1) is 5.92 Å². The van der Waals surface area contributed by atoms with Gasteiger partial charge in [-0.25, -0.2) is 9.69 Å². The van der Waals surface area contributed by atoms with E-state index in [4.69, 9.17) is 9.47 Å². The lowest BCUT2D eigenvalue weighted by molar-refractivity contribution is -0.130. The molecule has 1 heterocycles. The normalized spacial score (nSPS) is 16.5. The molecule has 3 aromatic carbocycles. The van der Waals surface area contributed by atoms with E-state index in [-0.39, 0.29) is 36.8 Å². The molecule has 1 aliphatic rings. The summed E-state index contributed by atoms with van der Waals surface area (Å²) >= 11 is 0. The van der Waals surface area contributed by atoms with Crippen molar-refractivity contribution in [1.29, 1.82) is 0 Å². The van der Waals surface area contributed by atoms with Gasteiger partial charge in [-0.3, -0.25) is 4.79 Å². The third-order valence-electron chi connectivity index (χ3n) is 6.08. The topological polar surface area (TPSA) is 55.8 Å². The summed E-state index contributed by atoms with van der Waals surface area (Å²) < 4.78 is 11.1. The lowest BCUT2D eigenvalue weighted by Crippen LogP contribution is -2.35. The van der Waals surface area contributed by atoms with E-state index in [1.165, 1.54) is 4.90 Å². The minimum Gasteiger partial charge on any atom is -0.489 e. The molecule has 1 fully saturated rings. The van der Waals surface area contributed by atoms with Gasteiger partial charge in [0.25, 0.3) is 0 Å². The second-order valence-corrected chi connectivity index (χ2v) is 8.67. The van der Waals surface area contributed by atoms with E-state index < -0.39 is 6.09 Å². The van der Waals surface area contributed by atoms with E-state index in [1.807, 2.05) is 84.9 Å². The Bertz CT molecular complexity index is 1060. The highest BCUT2D eigenvalue weighted by Crippen LogP contribution is 2.34. The molecular formula is C28H29NO4. The number of hydrogen-bond acceptors (Lipinski definition) is 4. The van der Waals surface area contributed by atoms with Gasteiger partial charge in [-0.05, 0) is 40.7 Å². The Kier molecular flexibility index (Phi) is 7.08. The largest absolute Gasteiger partial charge is 0.489 e. The Morgan fingerprint density at radius 2 is 1.61 bits per heavy atom. The van der Waals surface area contributed by atoms with Gasteiger partial charge in [0.2, 0.25) is 5.91 Å². The van der Waals surface area contributed by atoms with E-state index in [1.54, 1.807) is 0 Å². The minimum atomic E-state index is -0.569. The van der Waals surface area contributed by atoms with Gasteiger partial charge in [0, 0.05) is 6.42 Å². The fourth-order valence-electron chi connectivity index (χ4n) is 4.19. The van der Waals surface area contributed by atoms with Crippen molar-refractivity contribution in [2.75, 3.05) is 6.61 Å². The second-order valence-electron chi connectivity index (χ2n) is 8.67. The van der Waals surface area contributed by atoms with Crippen molar-refractivity contribution in [3.05, 3.63) is 102 Å². The molecule has 0 bridgehead atoms. The van der Waals surface area contributed by atoms with Crippen molar-refractivity contribution >= 4 is 12.0 Å². The van der Waals surface area contributed by atoms with Gasteiger partial charge in [-0.1, -0.05) is 86.6 Å². The first-order chi connectivity index (χ1) is 16.0. The van der Waals surface area contributed by atoms with Crippen LogP contribution in [-0.4, -0.2) is 23.5 Å². The van der Waals surface area contributed by atoms with E-state index in [0.717, 1.165) is 22.4 Å². The number of cyclic esters (lactones) is 1. The molecule has 33 heavy (non-hydrogen) atoms. The van der Waals surface area contributed by atoms with Crippen LogP contribution in [-0.2, 0) is 16.1 Å². The number of carbonyl (C=O) groups is 2. The molecule has 5 heteroatoms. The maximum atomic E-state index is 13.3. The lowest BCUT2D eigenvalue weighted by Gasteiger charge is -2.25. The van der Waals surface area contributed by atoms with Crippen molar-refractivity contribution in [1.82, 2.24) is 4.90 Å². The predicted octanol–water partition coefficient (Wildman–Crippen LogP) is 6.12. The molecule has 0 radical (unpaired) electrons. The molecule has 0 N–H and O–H groups in total. The highest BCUT2D eigenvalue weighted by Gasteiger charge is 2.39. The number of hydrogen-bond donors (Lipinski definition) is 0. The summed E-state index contributed by atoms with van der Waals surface area (Å²) in [6.45, 7) is 4.88. The molecule has 1 saturated heterocycles. The van der Waals surface area contributed by atoms with Crippen molar-refractivity contribution in [3.8, 4) is 5.75 Å². The molecule has 0 spiro atoms. The highest BCUT2D eigenvalue weighted by molar-refractivity contribution is 5.94. The van der Waals surface area contributed by atoms with Crippen LogP contribution in [0.3, 0.4) is 0 Å². The van der Waals surface area contributed by atoms with Crippen LogP contribution in [0.2, 0.25) is 0 Å². The molecular weight excluding hydrogens is 414 g/mol. The Morgan fingerprint density at radius 3 is 2.24 bits per heavy atom. The van der Waals surface area contributed by atoms with E-state index in [2.05, 4.69) is 13.8 Å². The maximum Gasteiger partial charge on any atom is 0.417 e. The van der Waals surface area contributed by atoms with Gasteiger partial charge in [-0.2, -0.15) is 0 Å². The second kappa shape index (κ2) is 10.3. The van der Waals surface area contributed by atoms with Crippen LogP contribution in [0.4, 0.5) is 4.79 Å². The van der Waals surface area contributed by atoms with Gasteiger partial charge >= 0.3 is 6.09 Å². The van der Waals surface area contributed by atoms with Crippen LogP contribution < -0.4 is 4.74 Å². The summed E-state index contributed by atoms with van der Waals surface area (Å²) in [5.41, 5.74) is 3.06. The van der Waals surface area contributed by atoms with E-state index in [0.29, 0.717) is 6.61 Å². The van der Waals surface area contributed by atoms with Crippen LogP contribution >= 0.6 is 0 Å². The Morgan fingerprint density at radius 1 is 0.970 bits per heavy atom. The predicted molar refractivity (Wildman–Crippen MR) is 127 cm³/mol. The van der Waals surface area contributed by atoms with Gasteiger partial charge in [0.1, 0.15) is 25.0 Å². The van der Waals surface area contributed by atoms with Crippen molar-refractivity contribution in [2.45, 2.75) is 38.8 Å². The number of benzene rings is 3. The average molecular weight is 444 g/mol. The fourth-order valence-corrected chi connectivity index (χ4v) is 4.19. The van der Waals surface area contributed by atoms with Gasteiger partial charge < -0.3 is 9.47 Å². The number of nitrogens with zero attached hydrogens (tertiary/aromatic N) is 1. The van der Waals surface area contributed by atoms with Crippen LogP contribution in [0.25, 0.3) is 0 Å². The zero-order valence-corrected chi connectivity index (χ0v) is 19.0. The summed E-state index contributed by atoms with van der Waals surface area (Å²) in [6, 6.07) is 27.1. The Balaban J connectivity index is 1.44. The SMILES string of the molecule is CC(C)[C@H](CC(=O)N1C(=O)OC[C@@H]1c1ccccc1)c1ccc(OCc2ccccc2)cc1. The fraction of sp³-hybridized carbons (Fsp3) is 0.286. The number of amides is 2. The monoisotopic (exact) mass is 443 g/mol. The highest BCUT2D eigenvalue weighted by atomic mass is 16.6. The Labute approximate surface area is 194 Å². The van der Waals surface area contributed by atoms with Gasteiger partial charge in [0.05, 0.1) is 0 Å². The quantitative estimate of drug-likeness (QED) is 0.421. The third-order valence-corrected chi connectivity index (χ3v) is 6.08. The number of ether oxygens (including phenoxy) is 2. The van der Waals surface area contributed by atoms with E-state index in [9.17, 15) is 9.59 Å². The molecule has 0 saturated carbocycles. The molecule has 2 atom stereocenters. The molecule has 0 aromatic heterocycles. The first kappa shape index (κ1) is 22.6. The lowest BCUT2D eigenvalue weighted by atomic mass is 9.85. The van der Waals surface area contributed by atoms with Crippen molar-refractivity contribution < 1.29 is 19.1 Å². The Hall–Kier alpha value is -3.60. The number of rotatable bonds is 8. The summed E-state index contributed by atoms with van der Waals surface area (Å²) in [5, 5.41) is 0. The smallest absolute Gasteiger partial charge is 0.417 e. The van der Waals surface area contributed by atoms with Crippen molar-refractivity contribution in [2.24, 2.45) is 5.92 Å². The summed E-state index contributed by atoms with van der Waals surface area (Å²) in [5.74, 6) is 0.766. The summed E-state index contributed by atoms with van der Waals surface area (Å²) in [6.07, 6.45) is -0.332. The molecule has 0 aliphatic carbocycles. The number of carbonyl (C=O) groups excluding carboxylic acids is 2. The number of imide groups is 1. The van der Waals surface area contributed by atoms with Crippen LogP contribution in [0.5, 0.6) is 5.75 Å². The van der Waals surface area contributed by atoms with Crippen molar-refractivity contribution in [3.63, 3.8) is 0 Å². The molecule has 1 aliphatic heterocycles. The first-order valence-electron chi connectivity index (χ1n) is 11.3. The van der Waals surface area contributed by atoms with E-state index >= 15 is 0 Å². The molecule has 170 valence electrons. The molecule has 0 unspecified atom stereocenters. The summed E-state index contributed by atoms with van der Waals surface area (Å²) in [4.78, 5) is 26.9. The zero-order valence-electron chi connectivity index (χ0n) is 19.0. The molecule has 4 rings (SSSR count). The van der Waals surface area contributed by atoms with Gasteiger partial charge in [-0.15, -0.1) is 0 Å². The molecule has 5 nitrogen and oxygen atoms in total. The summed E-state index contributed by atoms with van der Waals surface area (Å²) in [7, 11) is 0. The van der Waals surface area contributed by atoms with Crippen LogP contribution in [0.15, 0.2) is 84.9 Å². The first-order valence-corrected chi connectivity index (χ1v) is 11.3.